The summed E-state index contributed by atoms with van der Waals surface area (Å²) in [6, 6.07) is 5.23. The maximum atomic E-state index is 12.8. The summed E-state index contributed by atoms with van der Waals surface area (Å²) in [4.78, 5) is 26.7. The molecule has 1 unspecified atom stereocenters. The molecule has 1 aromatic rings. The zero-order valence-electron chi connectivity index (χ0n) is 16.0. The molecule has 2 saturated heterocycles. The maximum absolute atomic E-state index is 12.8. The van der Waals surface area contributed by atoms with Gasteiger partial charge in [-0.15, -0.1) is 0 Å². The number of rotatable bonds is 6. The Hall–Kier alpha value is -2.28. The first-order valence-corrected chi connectivity index (χ1v) is 9.53. The second-order valence-electron chi connectivity index (χ2n) is 7.05. The molecule has 2 aliphatic rings. The number of hydrogen-bond donors (Lipinski definition) is 1. The third-order valence-corrected chi connectivity index (χ3v) is 5.32. The molecule has 1 atom stereocenters. The van der Waals surface area contributed by atoms with E-state index in [2.05, 4.69) is 5.32 Å². The van der Waals surface area contributed by atoms with Crippen LogP contribution in [-0.2, 0) is 9.53 Å². The molecule has 2 heterocycles. The highest BCUT2D eigenvalue weighted by molar-refractivity contribution is 5.95. The summed E-state index contributed by atoms with van der Waals surface area (Å²) in [5.74, 6) is 1.55. The van der Waals surface area contributed by atoms with E-state index in [0.29, 0.717) is 49.2 Å². The third-order valence-electron chi connectivity index (χ3n) is 5.32. The molecule has 1 N–H and O–H groups in total. The average Bonchev–Trinajstić information content (AvgIpc) is 3.26. The molecule has 7 nitrogen and oxygen atoms in total. The predicted octanol–water partition coefficient (Wildman–Crippen LogP) is 1.85. The molecule has 0 radical (unpaired) electrons. The SMILES string of the molecule is COc1ccc(C(=O)N2CCC(CNC(=O)C3CCCO3)CC2)cc1OC. The molecule has 0 saturated carbocycles. The first-order valence-electron chi connectivity index (χ1n) is 9.53. The first-order chi connectivity index (χ1) is 13.1. The van der Waals surface area contributed by atoms with Gasteiger partial charge in [0, 0.05) is 31.8 Å². The Morgan fingerprint density at radius 1 is 1.15 bits per heavy atom. The predicted molar refractivity (Wildman–Crippen MR) is 100 cm³/mol. The van der Waals surface area contributed by atoms with Crippen LogP contribution in [0.15, 0.2) is 18.2 Å². The van der Waals surface area contributed by atoms with Crippen molar-refractivity contribution in [2.75, 3.05) is 40.5 Å². The molecule has 3 rings (SSSR count). The van der Waals surface area contributed by atoms with Gasteiger partial charge in [0.2, 0.25) is 5.91 Å². The molecular weight excluding hydrogens is 348 g/mol. The van der Waals surface area contributed by atoms with E-state index in [1.807, 2.05) is 4.90 Å². The molecule has 2 aliphatic heterocycles. The lowest BCUT2D eigenvalue weighted by molar-refractivity contribution is -0.130. The first kappa shape index (κ1) is 19.5. The lowest BCUT2D eigenvalue weighted by Crippen LogP contribution is -2.43. The standard InChI is InChI=1S/C20H28N2O5/c1-25-16-6-5-15(12-18(16)26-2)20(24)22-9-7-14(8-10-22)13-21-19(23)17-4-3-11-27-17/h5-6,12,14,17H,3-4,7-11,13H2,1-2H3,(H,21,23). The fourth-order valence-corrected chi connectivity index (χ4v) is 3.64. The molecule has 0 aromatic heterocycles. The van der Waals surface area contributed by atoms with Crippen LogP contribution in [-0.4, -0.2) is 63.3 Å². The zero-order valence-corrected chi connectivity index (χ0v) is 16.0. The second-order valence-corrected chi connectivity index (χ2v) is 7.05. The van der Waals surface area contributed by atoms with Gasteiger partial charge in [0.05, 0.1) is 14.2 Å². The Morgan fingerprint density at radius 3 is 2.52 bits per heavy atom. The minimum absolute atomic E-state index is 0.00204. The molecule has 27 heavy (non-hydrogen) atoms. The van der Waals surface area contributed by atoms with Crippen LogP contribution in [0.25, 0.3) is 0 Å². The van der Waals surface area contributed by atoms with E-state index >= 15 is 0 Å². The second kappa shape index (κ2) is 9.08. The van der Waals surface area contributed by atoms with Crippen molar-refractivity contribution in [2.45, 2.75) is 31.8 Å². The van der Waals surface area contributed by atoms with Crippen LogP contribution in [0.2, 0.25) is 0 Å². The van der Waals surface area contributed by atoms with Crippen molar-refractivity contribution in [3.05, 3.63) is 23.8 Å². The topological polar surface area (TPSA) is 77.1 Å². The summed E-state index contributed by atoms with van der Waals surface area (Å²) in [5, 5.41) is 3.00. The number of hydrogen-bond acceptors (Lipinski definition) is 5. The van der Waals surface area contributed by atoms with Crippen molar-refractivity contribution in [3.63, 3.8) is 0 Å². The smallest absolute Gasteiger partial charge is 0.253 e. The molecule has 1 aromatic carbocycles. The van der Waals surface area contributed by atoms with Gasteiger partial charge in [0.25, 0.3) is 5.91 Å². The molecule has 0 bridgehead atoms. The summed E-state index contributed by atoms with van der Waals surface area (Å²) >= 11 is 0. The van der Waals surface area contributed by atoms with Gasteiger partial charge in [-0.2, -0.15) is 0 Å². The summed E-state index contributed by atoms with van der Waals surface area (Å²) in [5.41, 5.74) is 0.595. The summed E-state index contributed by atoms with van der Waals surface area (Å²) in [6.45, 7) is 2.70. The van der Waals surface area contributed by atoms with Crippen molar-refractivity contribution < 1.29 is 23.8 Å². The molecule has 0 spiro atoms. The number of nitrogens with one attached hydrogen (secondary N) is 1. The van der Waals surface area contributed by atoms with E-state index in [-0.39, 0.29) is 17.9 Å². The number of carbonyl (C=O) groups is 2. The lowest BCUT2D eigenvalue weighted by Gasteiger charge is -2.32. The zero-order chi connectivity index (χ0) is 19.2. The van der Waals surface area contributed by atoms with Crippen molar-refractivity contribution in [2.24, 2.45) is 5.92 Å². The number of benzene rings is 1. The number of likely N-dealkylation sites (tertiary alicyclic amines) is 1. The fraction of sp³-hybridized carbons (Fsp3) is 0.600. The number of carbonyl (C=O) groups excluding carboxylic acids is 2. The summed E-state index contributed by atoms with van der Waals surface area (Å²) < 4.78 is 15.9. The molecule has 0 aliphatic carbocycles. The van der Waals surface area contributed by atoms with Crippen LogP contribution < -0.4 is 14.8 Å². The van der Waals surface area contributed by atoms with Gasteiger partial charge in [-0.05, 0) is 49.8 Å². The normalized spacial score (nSPS) is 20.4. The van der Waals surface area contributed by atoms with Gasteiger partial charge >= 0.3 is 0 Å². The van der Waals surface area contributed by atoms with Crippen molar-refractivity contribution >= 4 is 11.8 Å². The van der Waals surface area contributed by atoms with Gasteiger partial charge in [-0.1, -0.05) is 0 Å². The fourth-order valence-electron chi connectivity index (χ4n) is 3.64. The Morgan fingerprint density at radius 2 is 1.89 bits per heavy atom. The number of ether oxygens (including phenoxy) is 3. The number of methoxy groups -OCH3 is 2. The number of amides is 2. The largest absolute Gasteiger partial charge is 0.493 e. The van der Waals surface area contributed by atoms with Crippen molar-refractivity contribution in [1.29, 1.82) is 0 Å². The summed E-state index contributed by atoms with van der Waals surface area (Å²) in [7, 11) is 3.13. The Balaban J connectivity index is 1.48. The van der Waals surface area contributed by atoms with E-state index in [9.17, 15) is 9.59 Å². The Kier molecular flexibility index (Phi) is 6.55. The highest BCUT2D eigenvalue weighted by Gasteiger charge is 2.27. The van der Waals surface area contributed by atoms with Crippen LogP contribution in [0.4, 0.5) is 0 Å². The van der Waals surface area contributed by atoms with Crippen LogP contribution in [0.1, 0.15) is 36.0 Å². The van der Waals surface area contributed by atoms with E-state index in [1.165, 1.54) is 0 Å². The van der Waals surface area contributed by atoms with E-state index in [4.69, 9.17) is 14.2 Å². The van der Waals surface area contributed by atoms with Crippen molar-refractivity contribution in [3.8, 4) is 11.5 Å². The number of piperidine rings is 1. The van der Waals surface area contributed by atoms with Crippen molar-refractivity contribution in [1.82, 2.24) is 10.2 Å². The minimum atomic E-state index is -0.281. The molecule has 7 heteroatoms. The van der Waals surface area contributed by atoms with Crippen LogP contribution in [0.5, 0.6) is 11.5 Å². The Labute approximate surface area is 160 Å². The Bertz CT molecular complexity index is 664. The summed E-state index contributed by atoms with van der Waals surface area (Å²) in [6.07, 6.45) is 3.24. The molecule has 148 valence electrons. The number of nitrogens with zero attached hydrogens (tertiary/aromatic N) is 1. The maximum Gasteiger partial charge on any atom is 0.253 e. The third kappa shape index (κ3) is 4.71. The van der Waals surface area contributed by atoms with Crippen LogP contribution in [0, 0.1) is 5.92 Å². The quantitative estimate of drug-likeness (QED) is 0.820. The van der Waals surface area contributed by atoms with Crippen LogP contribution in [0.3, 0.4) is 0 Å². The van der Waals surface area contributed by atoms with Gasteiger partial charge in [0.1, 0.15) is 6.10 Å². The van der Waals surface area contributed by atoms with E-state index in [0.717, 1.165) is 25.7 Å². The molecule has 2 fully saturated rings. The highest BCUT2D eigenvalue weighted by Crippen LogP contribution is 2.28. The van der Waals surface area contributed by atoms with Gasteiger partial charge in [-0.25, -0.2) is 0 Å². The monoisotopic (exact) mass is 376 g/mol. The van der Waals surface area contributed by atoms with E-state index in [1.54, 1.807) is 32.4 Å². The van der Waals surface area contributed by atoms with Gasteiger partial charge in [0.15, 0.2) is 11.5 Å². The lowest BCUT2D eigenvalue weighted by atomic mass is 9.96. The highest BCUT2D eigenvalue weighted by atomic mass is 16.5. The molecular formula is C20H28N2O5. The minimum Gasteiger partial charge on any atom is -0.493 e. The average molecular weight is 376 g/mol. The van der Waals surface area contributed by atoms with Crippen LogP contribution >= 0.6 is 0 Å². The van der Waals surface area contributed by atoms with Gasteiger partial charge < -0.3 is 24.4 Å². The van der Waals surface area contributed by atoms with Gasteiger partial charge in [-0.3, -0.25) is 9.59 Å². The molecule has 2 amide bonds. The van der Waals surface area contributed by atoms with E-state index < -0.39 is 0 Å².